The number of aromatic carboxylic acids is 1. The van der Waals surface area contributed by atoms with Gasteiger partial charge in [-0.2, -0.15) is 0 Å². The molecule has 0 bridgehead atoms. The van der Waals surface area contributed by atoms with Crippen molar-refractivity contribution < 1.29 is 14.3 Å². The second kappa shape index (κ2) is 5.87. The highest BCUT2D eigenvalue weighted by Gasteiger charge is 2.16. The molecule has 0 radical (unpaired) electrons. The Morgan fingerprint density at radius 1 is 1.19 bits per heavy atom. The molecule has 1 N–H and O–H groups in total. The van der Waals surface area contributed by atoms with E-state index in [0.29, 0.717) is 5.58 Å². The zero-order chi connectivity index (χ0) is 14.8. The maximum absolute atomic E-state index is 10.9. The SMILES string of the molecule is CCN1CCN(Cc2ccc3oc(C(=O)O)cc3c2)CC1. The van der Waals surface area contributed by atoms with Crippen molar-refractivity contribution in [2.45, 2.75) is 13.5 Å². The summed E-state index contributed by atoms with van der Waals surface area (Å²) in [4.78, 5) is 15.8. The zero-order valence-corrected chi connectivity index (χ0v) is 12.2. The number of piperazine rings is 1. The van der Waals surface area contributed by atoms with Crippen LogP contribution in [0.4, 0.5) is 0 Å². The summed E-state index contributed by atoms with van der Waals surface area (Å²) in [5.41, 5.74) is 1.83. The minimum Gasteiger partial charge on any atom is -0.475 e. The van der Waals surface area contributed by atoms with Crippen LogP contribution in [-0.4, -0.2) is 53.6 Å². The third-order valence-electron chi connectivity index (χ3n) is 4.11. The molecule has 1 aromatic carbocycles. The number of rotatable bonds is 4. The van der Waals surface area contributed by atoms with Crippen molar-refractivity contribution in [2.24, 2.45) is 0 Å². The molecule has 1 aliphatic heterocycles. The molecule has 1 aliphatic rings. The van der Waals surface area contributed by atoms with Crippen LogP contribution in [-0.2, 0) is 6.54 Å². The van der Waals surface area contributed by atoms with E-state index in [-0.39, 0.29) is 5.76 Å². The van der Waals surface area contributed by atoms with Crippen LogP contribution in [0.15, 0.2) is 28.7 Å². The molecule has 0 spiro atoms. The van der Waals surface area contributed by atoms with Crippen LogP contribution in [0.5, 0.6) is 0 Å². The van der Waals surface area contributed by atoms with Gasteiger partial charge in [0.1, 0.15) is 5.58 Å². The second-order valence-corrected chi connectivity index (χ2v) is 5.50. The van der Waals surface area contributed by atoms with Crippen molar-refractivity contribution in [3.05, 3.63) is 35.6 Å². The molecule has 1 saturated heterocycles. The summed E-state index contributed by atoms with van der Waals surface area (Å²) in [7, 11) is 0. The number of likely N-dealkylation sites (N-methyl/N-ethyl adjacent to an activating group) is 1. The van der Waals surface area contributed by atoms with Gasteiger partial charge in [0.05, 0.1) is 0 Å². The number of carboxylic acid groups (broad SMARTS) is 1. The molecular weight excluding hydrogens is 268 g/mol. The van der Waals surface area contributed by atoms with Gasteiger partial charge in [-0.05, 0) is 30.3 Å². The maximum Gasteiger partial charge on any atom is 0.371 e. The van der Waals surface area contributed by atoms with Crippen LogP contribution >= 0.6 is 0 Å². The first kappa shape index (κ1) is 14.1. The Kier molecular flexibility index (Phi) is 3.94. The number of benzene rings is 1. The summed E-state index contributed by atoms with van der Waals surface area (Å²) in [5, 5.41) is 9.82. The Bertz CT molecular complexity index is 642. The fourth-order valence-corrected chi connectivity index (χ4v) is 2.82. The van der Waals surface area contributed by atoms with Gasteiger partial charge >= 0.3 is 5.97 Å². The van der Waals surface area contributed by atoms with Crippen LogP contribution in [0.2, 0.25) is 0 Å². The molecule has 112 valence electrons. The van der Waals surface area contributed by atoms with Crippen molar-refractivity contribution in [3.8, 4) is 0 Å². The van der Waals surface area contributed by atoms with Gasteiger partial charge in [0.25, 0.3) is 0 Å². The second-order valence-electron chi connectivity index (χ2n) is 5.50. The molecule has 0 aliphatic carbocycles. The lowest BCUT2D eigenvalue weighted by molar-refractivity contribution is 0.0665. The average Bonchev–Trinajstić information content (AvgIpc) is 2.91. The maximum atomic E-state index is 10.9. The van der Waals surface area contributed by atoms with Crippen molar-refractivity contribution >= 4 is 16.9 Å². The van der Waals surface area contributed by atoms with Gasteiger partial charge in [0.2, 0.25) is 5.76 Å². The zero-order valence-electron chi connectivity index (χ0n) is 12.2. The standard InChI is InChI=1S/C16H20N2O3/c1-2-17-5-7-18(8-6-17)11-12-3-4-14-13(9-12)10-15(21-14)16(19)20/h3-4,9-10H,2,5-8,11H2,1H3,(H,19,20). The van der Waals surface area contributed by atoms with E-state index in [1.807, 2.05) is 18.2 Å². The van der Waals surface area contributed by atoms with Crippen molar-refractivity contribution in [2.75, 3.05) is 32.7 Å². The van der Waals surface area contributed by atoms with Gasteiger partial charge in [-0.1, -0.05) is 13.0 Å². The Morgan fingerprint density at radius 3 is 2.57 bits per heavy atom. The highest BCUT2D eigenvalue weighted by atomic mass is 16.4. The van der Waals surface area contributed by atoms with Gasteiger partial charge < -0.3 is 14.4 Å². The van der Waals surface area contributed by atoms with E-state index >= 15 is 0 Å². The molecule has 0 atom stereocenters. The minimum atomic E-state index is -1.02. The van der Waals surface area contributed by atoms with E-state index < -0.39 is 5.97 Å². The number of fused-ring (bicyclic) bond motifs is 1. The summed E-state index contributed by atoms with van der Waals surface area (Å²) < 4.78 is 5.28. The highest BCUT2D eigenvalue weighted by Crippen LogP contribution is 2.22. The molecule has 2 heterocycles. The molecule has 3 rings (SSSR count). The van der Waals surface area contributed by atoms with E-state index in [2.05, 4.69) is 16.7 Å². The third-order valence-corrected chi connectivity index (χ3v) is 4.11. The van der Waals surface area contributed by atoms with Gasteiger partial charge in [0, 0.05) is 38.1 Å². The fourth-order valence-electron chi connectivity index (χ4n) is 2.82. The fraction of sp³-hybridized carbons (Fsp3) is 0.438. The summed E-state index contributed by atoms with van der Waals surface area (Å²) in [6, 6.07) is 7.50. The number of nitrogens with zero attached hydrogens (tertiary/aromatic N) is 2. The first-order valence-electron chi connectivity index (χ1n) is 7.36. The predicted molar refractivity (Wildman–Crippen MR) is 80.6 cm³/mol. The van der Waals surface area contributed by atoms with Crippen LogP contribution in [0.25, 0.3) is 11.0 Å². The summed E-state index contributed by atoms with van der Waals surface area (Å²) in [6.07, 6.45) is 0. The van der Waals surface area contributed by atoms with Crippen molar-refractivity contribution in [1.82, 2.24) is 9.80 Å². The van der Waals surface area contributed by atoms with E-state index in [9.17, 15) is 4.79 Å². The molecule has 5 nitrogen and oxygen atoms in total. The molecular formula is C16H20N2O3. The van der Waals surface area contributed by atoms with Gasteiger partial charge in [-0.15, -0.1) is 0 Å². The van der Waals surface area contributed by atoms with Crippen LogP contribution < -0.4 is 0 Å². The summed E-state index contributed by atoms with van der Waals surface area (Å²) in [6.45, 7) is 8.62. The monoisotopic (exact) mass is 288 g/mol. The number of hydrogen-bond donors (Lipinski definition) is 1. The number of carboxylic acids is 1. The lowest BCUT2D eigenvalue weighted by Gasteiger charge is -2.34. The van der Waals surface area contributed by atoms with Crippen LogP contribution in [0.3, 0.4) is 0 Å². The number of hydrogen-bond acceptors (Lipinski definition) is 4. The largest absolute Gasteiger partial charge is 0.475 e. The smallest absolute Gasteiger partial charge is 0.371 e. The first-order chi connectivity index (χ1) is 10.2. The lowest BCUT2D eigenvalue weighted by Crippen LogP contribution is -2.45. The molecule has 0 unspecified atom stereocenters. The average molecular weight is 288 g/mol. The molecule has 0 amide bonds. The van der Waals surface area contributed by atoms with E-state index in [0.717, 1.165) is 44.7 Å². The van der Waals surface area contributed by atoms with Crippen LogP contribution in [0.1, 0.15) is 23.0 Å². The highest BCUT2D eigenvalue weighted by molar-refractivity contribution is 5.91. The molecule has 5 heteroatoms. The van der Waals surface area contributed by atoms with Gasteiger partial charge in [0.15, 0.2) is 0 Å². The van der Waals surface area contributed by atoms with Crippen molar-refractivity contribution in [3.63, 3.8) is 0 Å². The van der Waals surface area contributed by atoms with E-state index in [1.165, 1.54) is 5.56 Å². The molecule has 0 saturated carbocycles. The minimum absolute atomic E-state index is 0.00119. The molecule has 21 heavy (non-hydrogen) atoms. The predicted octanol–water partition coefficient (Wildman–Crippen LogP) is 2.27. The molecule has 2 aromatic rings. The Labute approximate surface area is 123 Å². The normalized spacial score (nSPS) is 17.4. The van der Waals surface area contributed by atoms with Gasteiger partial charge in [-0.3, -0.25) is 4.90 Å². The van der Waals surface area contributed by atoms with E-state index in [4.69, 9.17) is 9.52 Å². The summed E-state index contributed by atoms with van der Waals surface area (Å²) >= 11 is 0. The molecule has 1 aromatic heterocycles. The summed E-state index contributed by atoms with van der Waals surface area (Å²) in [5.74, 6) is -1.03. The van der Waals surface area contributed by atoms with Crippen LogP contribution in [0, 0.1) is 0 Å². The Hall–Kier alpha value is -1.85. The van der Waals surface area contributed by atoms with Gasteiger partial charge in [-0.25, -0.2) is 4.79 Å². The quantitative estimate of drug-likeness (QED) is 0.935. The Balaban J connectivity index is 1.71. The third kappa shape index (κ3) is 3.09. The topological polar surface area (TPSA) is 56.9 Å². The van der Waals surface area contributed by atoms with Crippen molar-refractivity contribution in [1.29, 1.82) is 0 Å². The van der Waals surface area contributed by atoms with E-state index in [1.54, 1.807) is 6.07 Å². The number of carbonyl (C=O) groups is 1. The molecule has 1 fully saturated rings. The Morgan fingerprint density at radius 2 is 1.90 bits per heavy atom. The lowest BCUT2D eigenvalue weighted by atomic mass is 10.1. The first-order valence-corrected chi connectivity index (χ1v) is 7.36. The number of furan rings is 1.